The zero-order valence-electron chi connectivity index (χ0n) is 96.1. The molecule has 2 heterocycles. The molecule has 2 aliphatic carbocycles. The fourth-order valence-electron chi connectivity index (χ4n) is 12.1. The molecule has 2 saturated heterocycles. The Balaban J connectivity index is -0.000000117. The molecule has 4 aliphatic rings. The average Bonchev–Trinajstić information content (AvgIpc) is 1.64. The van der Waals surface area contributed by atoms with Gasteiger partial charge in [0.25, 0.3) is 0 Å². The van der Waals surface area contributed by atoms with Gasteiger partial charge in [-0.25, -0.2) is 26.3 Å². The van der Waals surface area contributed by atoms with Gasteiger partial charge >= 0.3 is 30.7 Å². The van der Waals surface area contributed by atoms with Crippen LogP contribution in [0.3, 0.4) is 0 Å². The Kier molecular flexibility index (Phi) is 86.2. The second-order valence-electron chi connectivity index (χ2n) is 51.9. The topological polar surface area (TPSA) is 35.5 Å². The molecule has 0 radical (unpaired) electrons. The number of hydrogen-bond acceptors (Lipinski definition) is 3. The van der Waals surface area contributed by atoms with Crippen LogP contribution in [0.15, 0.2) is 0 Å². The van der Waals surface area contributed by atoms with E-state index in [9.17, 15) is 88.2 Å². The average molecular weight is 1950 g/mol. The van der Waals surface area contributed by atoms with Crippen LogP contribution in [0.1, 0.15) is 489 Å². The minimum atomic E-state index is -4.06. The van der Waals surface area contributed by atoms with E-state index in [0.29, 0.717) is 51.9 Å². The third kappa shape index (κ3) is 139. The van der Waals surface area contributed by atoms with Gasteiger partial charge in [-0.05, 0) is 203 Å². The molecule has 0 N–H and O–H groups in total. The quantitative estimate of drug-likeness (QED) is 0.114. The number of rotatable bonds is 16. The lowest BCUT2D eigenvalue weighted by atomic mass is 9.69. The summed E-state index contributed by atoms with van der Waals surface area (Å²) in [7, 11) is 0. The third-order valence-electron chi connectivity index (χ3n) is 22.1. The molecular formula is C110H223F19O3. The normalized spacial score (nSPS) is 16.1. The van der Waals surface area contributed by atoms with Crippen molar-refractivity contribution >= 4 is 5.97 Å². The molecule has 3 nitrogen and oxygen atoms in total. The van der Waals surface area contributed by atoms with Crippen LogP contribution in [-0.4, -0.2) is 75.4 Å². The van der Waals surface area contributed by atoms with E-state index < -0.39 is 73.1 Å². The van der Waals surface area contributed by atoms with Crippen LogP contribution >= 0.6 is 0 Å². The molecule has 0 amide bonds. The highest BCUT2D eigenvalue weighted by Gasteiger charge is 2.44. The molecule has 0 bridgehead atoms. The Morgan fingerprint density at radius 2 is 0.720 bits per heavy atom. The van der Waals surface area contributed by atoms with Crippen molar-refractivity contribution in [1.82, 2.24) is 0 Å². The molecule has 2 aliphatic heterocycles. The lowest BCUT2D eigenvalue weighted by molar-refractivity contribution is -0.197. The number of cyclic esters (lactones) is 1. The van der Waals surface area contributed by atoms with E-state index in [1.54, 1.807) is 96.9 Å². The van der Waals surface area contributed by atoms with Gasteiger partial charge in [-0.3, -0.25) is 9.18 Å². The van der Waals surface area contributed by atoms with Gasteiger partial charge in [0.1, 0.15) is 0 Å². The van der Waals surface area contributed by atoms with E-state index in [4.69, 9.17) is 9.47 Å². The third-order valence-corrected chi connectivity index (χ3v) is 22.1. The van der Waals surface area contributed by atoms with Gasteiger partial charge in [0, 0.05) is 45.3 Å². The Labute approximate surface area is 807 Å². The van der Waals surface area contributed by atoms with Crippen molar-refractivity contribution in [3.05, 3.63) is 0 Å². The van der Waals surface area contributed by atoms with Gasteiger partial charge < -0.3 is 9.47 Å². The number of hydrogen-bond donors (Lipinski definition) is 0. The Morgan fingerprint density at radius 1 is 0.371 bits per heavy atom. The first-order chi connectivity index (χ1) is 57.7. The Bertz CT molecular complexity index is 2390. The lowest BCUT2D eigenvalue weighted by Crippen LogP contribution is -2.31. The minimum absolute atomic E-state index is 0.00694. The van der Waals surface area contributed by atoms with Crippen LogP contribution in [0.5, 0.6) is 0 Å². The molecule has 4 fully saturated rings. The highest BCUT2D eigenvalue weighted by atomic mass is 19.4. The van der Waals surface area contributed by atoms with Crippen molar-refractivity contribution in [1.29, 1.82) is 0 Å². The molecule has 814 valence electrons. The van der Waals surface area contributed by atoms with Crippen LogP contribution in [-0.2, 0) is 14.3 Å². The van der Waals surface area contributed by atoms with Crippen molar-refractivity contribution in [2.45, 2.75) is 532 Å². The first-order valence-corrected chi connectivity index (χ1v) is 50.3. The molecule has 22 heteroatoms. The summed E-state index contributed by atoms with van der Waals surface area (Å²) >= 11 is 0. The number of carbonyl (C=O) groups excluding carboxylic acids is 1. The van der Waals surface area contributed by atoms with Crippen molar-refractivity contribution in [2.75, 3.05) is 26.5 Å². The number of alkyl halides is 19. The highest BCUT2D eigenvalue weighted by molar-refractivity contribution is 5.74. The van der Waals surface area contributed by atoms with Crippen LogP contribution in [0.4, 0.5) is 83.4 Å². The number of halogens is 19. The minimum Gasteiger partial charge on any atom is -0.465 e. The molecule has 0 spiro atoms. The molecule has 2 saturated carbocycles. The maximum absolute atomic E-state index is 12.2. The van der Waals surface area contributed by atoms with E-state index in [2.05, 4.69) is 194 Å². The predicted molar refractivity (Wildman–Crippen MR) is 538 cm³/mol. The molecule has 0 aromatic rings. The molecule has 4 rings (SSSR count). The van der Waals surface area contributed by atoms with Gasteiger partial charge in [0.2, 0.25) is 18.3 Å². The summed E-state index contributed by atoms with van der Waals surface area (Å²) in [6.07, 6.45) is -2.39. The van der Waals surface area contributed by atoms with Crippen LogP contribution in [0, 0.1) is 149 Å². The van der Waals surface area contributed by atoms with Crippen LogP contribution in [0.2, 0.25) is 0 Å². The number of carbonyl (C=O) groups is 1. The monoisotopic (exact) mass is 1950 g/mol. The van der Waals surface area contributed by atoms with Gasteiger partial charge in [0.05, 0.1) is 31.0 Å². The second-order valence-corrected chi connectivity index (χ2v) is 51.9. The van der Waals surface area contributed by atoms with E-state index in [-0.39, 0.29) is 84.2 Å². The molecule has 0 aromatic heterocycles. The molecule has 132 heavy (non-hydrogen) atoms. The van der Waals surface area contributed by atoms with Gasteiger partial charge in [0.15, 0.2) is 0 Å². The van der Waals surface area contributed by atoms with Crippen molar-refractivity contribution in [2.24, 2.45) is 149 Å². The van der Waals surface area contributed by atoms with Gasteiger partial charge in [-0.2, -0.15) is 52.7 Å². The number of ether oxygens (including phenoxy) is 2. The summed E-state index contributed by atoms with van der Waals surface area (Å²) in [5.41, 5.74) is 1.23. The van der Waals surface area contributed by atoms with Crippen molar-refractivity contribution in [3.63, 3.8) is 0 Å². The number of esters is 1. The smallest absolute Gasteiger partial charge is 0.392 e. The molecular weight excluding hydrogens is 1730 g/mol. The zero-order valence-corrected chi connectivity index (χ0v) is 96.1. The van der Waals surface area contributed by atoms with Crippen molar-refractivity contribution in [3.8, 4) is 0 Å². The fraction of sp³-hybridized carbons (Fsp3) is 0.991. The van der Waals surface area contributed by atoms with E-state index >= 15 is 0 Å². The fourth-order valence-corrected chi connectivity index (χ4v) is 12.1. The molecule has 3 atom stereocenters. The Hall–Kier alpha value is -1.90. The summed E-state index contributed by atoms with van der Waals surface area (Å²) in [6, 6.07) is 0. The first kappa shape index (κ1) is 155. The second kappa shape index (κ2) is 73.2. The molecule has 0 aromatic carbocycles. The lowest BCUT2D eigenvalue weighted by Gasteiger charge is -2.37. The van der Waals surface area contributed by atoms with E-state index in [1.165, 1.54) is 77.6 Å². The summed E-state index contributed by atoms with van der Waals surface area (Å²) in [4.78, 5) is 10.8. The van der Waals surface area contributed by atoms with Crippen molar-refractivity contribution < 1.29 is 97.7 Å². The van der Waals surface area contributed by atoms with Gasteiger partial charge in [-0.15, -0.1) is 0 Å². The summed E-state index contributed by atoms with van der Waals surface area (Å²) in [5.74, 6) is 0.281. The SMILES string of the molecule is CC(C(C)(C)C)C(F)(F)F.CC(C)(C)C1CCC1.CC(C)(C)CC(C)(F)F.CC(C)(C)CC(C)(F)F.CC(C)(C)CC(F)F.CC(C)C(C(C)C)C(F)(F)F.CC(C)C(C)(C)C.CC(C)C1CCOCC1.CC(C)CC(C)(C)C.CC(C)CC(F)(F)F.CC(C)CC1CC1.CC(C)CCC(F)(F)F.CC(C)CCF.CC(C)[C@@H]1CCOC1=O.CCC(C)(C)C.CCC(C)C(C)(C)C. The van der Waals surface area contributed by atoms with E-state index in [1.807, 2.05) is 55.4 Å². The summed E-state index contributed by atoms with van der Waals surface area (Å²) < 4.78 is 234. The van der Waals surface area contributed by atoms with Gasteiger partial charge in [-0.1, -0.05) is 385 Å². The maximum Gasteiger partial charge on any atom is 0.392 e. The summed E-state index contributed by atoms with van der Waals surface area (Å²) in [6.45, 7) is 107. The highest BCUT2D eigenvalue weighted by Crippen LogP contribution is 2.43. The van der Waals surface area contributed by atoms with E-state index in [0.717, 1.165) is 80.8 Å². The predicted octanol–water partition coefficient (Wildman–Crippen LogP) is 43.0. The maximum atomic E-state index is 12.2. The zero-order chi connectivity index (χ0) is 109. The van der Waals surface area contributed by atoms with Crippen LogP contribution in [0.25, 0.3) is 0 Å². The summed E-state index contributed by atoms with van der Waals surface area (Å²) in [5, 5.41) is 0. The first-order valence-electron chi connectivity index (χ1n) is 50.3. The Morgan fingerprint density at radius 3 is 0.773 bits per heavy atom. The van der Waals surface area contributed by atoms with Crippen LogP contribution < -0.4 is 0 Å². The molecule has 2 unspecified atom stereocenters. The standard InChI is InChI=1S/C8H15F3.C8H16O.C8H16.2C8H18.C7H13F3.2C7H14F2.C7H12O2.C7H14.C7H16.C6H11F3.C6H12F2.C6H14.C5H9F3.C5H11F/c1-5(2)7(6(3)4)8(9,10)11;1-7(2)8-3-5-9-6-4-8;1-8(2,3)7-5-4-6-7;1-7(2)6-8(3,4)5;1-6-7(2)8(3,4)5;1-5(6(2,3)4)7(8,9)10;2*1-6(2,3)5-7(4,8)9;1-5(2)6-3-4-9-7(6)8;1-6(2)5-7-3-4-7;1-6(2)7(3,4)5;1-5(2)3-4-6(7,8)9;1-6(2,3)4-5(7)8;1-5-6(2,3)4;1-4(2)3-5(6,7)8;1-5(2)3-4-6/h5-7H,1-4H3;7-8H,3-6H2,1-2H3;7H,4-6H2,1-3H3;2*7H,6H2,1-5H3;5H,1-4H3;2*5H2,1-4H3;5-6H,3-4H2,1-2H3;6-7H,3-5H2,1-2H3;6H,1-5H3;5H,3-4H2,1-2H3;5H,4H2,1-3H3;5H2,1-4H3;4H,3H2,1-2H3;5H,3-4H2,1-2H3/t;;;;;;;;6-;;;;;;;/m........0......./s1. The largest absolute Gasteiger partial charge is 0.465 e.